The molecular weight excluding hydrogens is 635 g/mol. The molecule has 14 heteroatoms. The summed E-state index contributed by atoms with van der Waals surface area (Å²) in [6.07, 6.45) is 8.90. The van der Waals surface area contributed by atoms with E-state index in [2.05, 4.69) is 29.7 Å². The smallest absolute Gasteiger partial charge is 0.493 e. The summed E-state index contributed by atoms with van der Waals surface area (Å²) in [4.78, 5) is 22.7. The summed E-state index contributed by atoms with van der Waals surface area (Å²) in [7, 11) is 4.29. The first-order valence-corrected chi connectivity index (χ1v) is 17.6. The summed E-state index contributed by atoms with van der Waals surface area (Å²) in [6.45, 7) is 4.17. The fourth-order valence-electron chi connectivity index (χ4n) is 6.70. The zero-order valence-electron chi connectivity index (χ0n) is 28.1. The van der Waals surface area contributed by atoms with E-state index in [1.165, 1.54) is 0 Å². The van der Waals surface area contributed by atoms with Crippen molar-refractivity contribution in [2.24, 2.45) is 11.8 Å². The minimum absolute atomic E-state index is 0.285. The van der Waals surface area contributed by atoms with Crippen LogP contribution in [0.25, 0.3) is 21.8 Å². The maximum absolute atomic E-state index is 12.8. The highest BCUT2D eigenvalue weighted by molar-refractivity contribution is 7.33. The van der Waals surface area contributed by atoms with Crippen LogP contribution in [0.5, 0.6) is 23.0 Å². The number of ether oxygens (including phenoxy) is 4. The number of anilines is 2. The number of fused-ring (bicyclic) bond motifs is 2. The van der Waals surface area contributed by atoms with Gasteiger partial charge in [-0.15, -0.1) is 9.05 Å². The van der Waals surface area contributed by atoms with Gasteiger partial charge in [-0.05, 0) is 62.5 Å². The predicted molar refractivity (Wildman–Crippen MR) is 184 cm³/mol. The van der Waals surface area contributed by atoms with E-state index in [9.17, 15) is 4.57 Å². The highest BCUT2D eigenvalue weighted by atomic mass is 31.1. The van der Waals surface area contributed by atoms with Crippen LogP contribution in [0.3, 0.4) is 0 Å². The van der Waals surface area contributed by atoms with Gasteiger partial charge in [-0.3, -0.25) is 0 Å². The van der Waals surface area contributed by atoms with Gasteiger partial charge in [0.05, 0.1) is 39.5 Å². The molecule has 48 heavy (non-hydrogen) atoms. The Morgan fingerprint density at radius 1 is 0.604 bits per heavy atom. The lowest BCUT2D eigenvalue weighted by Crippen LogP contribution is -2.26. The van der Waals surface area contributed by atoms with E-state index in [-0.39, 0.29) is 11.8 Å². The van der Waals surface area contributed by atoms with Gasteiger partial charge in [0.2, 0.25) is 0 Å². The minimum atomic E-state index is -2.20. The molecule has 2 unspecified atom stereocenters. The second-order valence-corrected chi connectivity index (χ2v) is 13.2. The molecule has 0 saturated carbocycles. The number of methoxy groups -OCH3 is 4. The second kappa shape index (κ2) is 15.9. The summed E-state index contributed by atoms with van der Waals surface area (Å²) in [5.74, 6) is 4.90. The third-order valence-corrected chi connectivity index (χ3v) is 10.1. The average Bonchev–Trinajstić information content (AvgIpc) is 3.52. The lowest BCUT2D eigenvalue weighted by molar-refractivity contribution is 0.169. The largest absolute Gasteiger partial charge is 0.697 e. The SMILES string of the molecule is COc1cc2ncnc(N3CCCC(CO[P+](=O)OCC4CCCN(c5ncnc6cc(OC)c(OC)cc56)CC4)CC3)c2cc1OC. The van der Waals surface area contributed by atoms with Crippen LogP contribution in [0.15, 0.2) is 36.9 Å². The van der Waals surface area contributed by atoms with Crippen LogP contribution in [0, 0.1) is 11.8 Å². The topological polar surface area (TPSA) is 130 Å². The monoisotopic (exact) mass is 679 g/mol. The molecule has 4 aromatic rings. The average molecular weight is 680 g/mol. The Kier molecular flexibility index (Phi) is 11.2. The zero-order chi connectivity index (χ0) is 33.5. The Hall–Kier alpha value is -4.06. The van der Waals surface area contributed by atoms with Gasteiger partial charge in [-0.25, -0.2) is 19.9 Å². The highest BCUT2D eigenvalue weighted by Gasteiger charge is 2.29. The zero-order valence-corrected chi connectivity index (χ0v) is 29.0. The third-order valence-electron chi connectivity index (χ3n) is 9.36. The van der Waals surface area contributed by atoms with Crippen molar-refractivity contribution in [2.45, 2.75) is 38.5 Å². The first-order valence-electron chi connectivity index (χ1n) is 16.5. The number of aromatic nitrogens is 4. The van der Waals surface area contributed by atoms with Crippen molar-refractivity contribution >= 4 is 41.7 Å². The van der Waals surface area contributed by atoms with Gasteiger partial charge in [-0.1, -0.05) is 0 Å². The maximum atomic E-state index is 12.8. The standard InChI is InChI=1S/C34H44N6O7P/c1-42-29-15-25-27(17-31(29)44-3)35-21-37-33(25)39-11-5-7-23(9-13-39)19-46-48(41)47-20-24-8-6-12-40(14-10-24)34-26-16-30(43-2)32(45-4)18-28(26)36-22-38-34/h15-18,21-24H,5-14,19-20H2,1-4H3/q+1. The molecule has 4 heterocycles. The van der Waals surface area contributed by atoms with Crippen LogP contribution in [0.1, 0.15) is 38.5 Å². The molecule has 0 N–H and O–H groups in total. The molecule has 0 radical (unpaired) electrons. The molecular formula is C34H44N6O7P+. The van der Waals surface area contributed by atoms with Crippen LogP contribution in [0.2, 0.25) is 0 Å². The minimum Gasteiger partial charge on any atom is -0.493 e. The van der Waals surface area contributed by atoms with Crippen LogP contribution in [-0.4, -0.2) is 87.8 Å². The van der Waals surface area contributed by atoms with E-state index in [1.807, 2.05) is 24.3 Å². The van der Waals surface area contributed by atoms with E-state index in [4.69, 9.17) is 28.0 Å². The maximum Gasteiger partial charge on any atom is 0.697 e. The summed E-state index contributed by atoms with van der Waals surface area (Å²) in [6, 6.07) is 7.64. The molecule has 0 bridgehead atoms. The second-order valence-electron chi connectivity index (χ2n) is 12.2. The fraction of sp³-hybridized carbons (Fsp3) is 0.529. The van der Waals surface area contributed by atoms with Crippen LogP contribution in [-0.2, 0) is 13.6 Å². The molecule has 2 aliphatic heterocycles. The van der Waals surface area contributed by atoms with Gasteiger partial charge in [0.1, 0.15) is 37.5 Å². The van der Waals surface area contributed by atoms with Gasteiger partial charge in [-0.2, -0.15) is 0 Å². The van der Waals surface area contributed by atoms with E-state index < -0.39 is 8.25 Å². The summed E-state index contributed by atoms with van der Waals surface area (Å²) in [5.41, 5.74) is 1.61. The first-order chi connectivity index (χ1) is 23.5. The van der Waals surface area contributed by atoms with Crippen molar-refractivity contribution in [3.63, 3.8) is 0 Å². The number of hydrogen-bond acceptors (Lipinski definition) is 13. The van der Waals surface area contributed by atoms with Crippen molar-refractivity contribution in [3.8, 4) is 23.0 Å². The number of hydrogen-bond donors (Lipinski definition) is 0. The molecule has 0 aliphatic carbocycles. The molecule has 2 atom stereocenters. The van der Waals surface area contributed by atoms with Gasteiger partial charge in [0, 0.05) is 53.6 Å². The molecule has 2 aromatic carbocycles. The Labute approximate surface area is 281 Å². The normalized spacial score (nSPS) is 19.1. The van der Waals surface area contributed by atoms with Gasteiger partial charge >= 0.3 is 8.25 Å². The summed E-state index contributed by atoms with van der Waals surface area (Å²) in [5, 5.41) is 1.85. The number of rotatable bonds is 12. The van der Waals surface area contributed by atoms with Gasteiger partial charge < -0.3 is 28.7 Å². The van der Waals surface area contributed by atoms with E-state index in [1.54, 1.807) is 41.1 Å². The lowest BCUT2D eigenvalue weighted by Gasteiger charge is -2.23. The van der Waals surface area contributed by atoms with Gasteiger partial charge in [0.15, 0.2) is 23.0 Å². The molecule has 256 valence electrons. The Balaban J connectivity index is 0.983. The lowest BCUT2D eigenvalue weighted by atomic mass is 10.0. The van der Waals surface area contributed by atoms with E-state index >= 15 is 0 Å². The fourth-order valence-corrected chi connectivity index (χ4v) is 7.44. The molecule has 2 aromatic heterocycles. The molecule has 6 rings (SSSR count). The van der Waals surface area contributed by atoms with Crippen molar-refractivity contribution in [3.05, 3.63) is 36.9 Å². The summed E-state index contributed by atoms with van der Waals surface area (Å²) >= 11 is 0. The Morgan fingerprint density at radius 2 is 1.02 bits per heavy atom. The number of benzene rings is 2. The van der Waals surface area contributed by atoms with Crippen LogP contribution in [0.4, 0.5) is 11.6 Å². The quantitative estimate of drug-likeness (QED) is 0.157. The van der Waals surface area contributed by atoms with Gasteiger partial charge in [0.25, 0.3) is 0 Å². The molecule has 2 aliphatic rings. The molecule has 0 amide bonds. The van der Waals surface area contributed by atoms with E-state index in [0.717, 1.165) is 98.1 Å². The molecule has 2 fully saturated rings. The van der Waals surface area contributed by atoms with Crippen LogP contribution < -0.4 is 28.7 Å². The van der Waals surface area contributed by atoms with Crippen molar-refractivity contribution < 1.29 is 32.6 Å². The predicted octanol–water partition coefficient (Wildman–Crippen LogP) is 6.21. The molecule has 0 spiro atoms. The van der Waals surface area contributed by atoms with E-state index in [0.29, 0.717) is 36.2 Å². The molecule has 13 nitrogen and oxygen atoms in total. The highest BCUT2D eigenvalue weighted by Crippen LogP contribution is 2.38. The van der Waals surface area contributed by atoms with Crippen molar-refractivity contribution in [2.75, 3.05) is 77.6 Å². The van der Waals surface area contributed by atoms with Crippen molar-refractivity contribution in [1.82, 2.24) is 19.9 Å². The third kappa shape index (κ3) is 7.64. The van der Waals surface area contributed by atoms with Crippen LogP contribution >= 0.6 is 8.25 Å². The Morgan fingerprint density at radius 3 is 1.44 bits per heavy atom. The first kappa shape index (κ1) is 33.8. The summed E-state index contributed by atoms with van der Waals surface area (Å²) < 4.78 is 46.3. The molecule has 2 saturated heterocycles. The number of nitrogens with zero attached hydrogens (tertiary/aromatic N) is 6. The van der Waals surface area contributed by atoms with Crippen molar-refractivity contribution in [1.29, 1.82) is 0 Å². The Bertz CT molecular complexity index is 1610.